The number of benzene rings is 1. The van der Waals surface area contributed by atoms with Gasteiger partial charge in [0, 0.05) is 18.6 Å². The number of aromatic nitrogens is 1. The van der Waals surface area contributed by atoms with E-state index in [1.54, 1.807) is 31.2 Å². The Morgan fingerprint density at radius 3 is 2.67 bits per heavy atom. The third-order valence-corrected chi connectivity index (χ3v) is 3.25. The van der Waals surface area contributed by atoms with E-state index in [4.69, 9.17) is 4.52 Å². The van der Waals surface area contributed by atoms with Crippen molar-refractivity contribution >= 4 is 28.8 Å². The molecule has 0 unspecified atom stereocenters. The Bertz CT molecular complexity index is 788. The van der Waals surface area contributed by atoms with Gasteiger partial charge in [-0.1, -0.05) is 23.4 Å². The molecule has 6 heteroatoms. The standard InChI is InChI=1S/C15H12N2O4/c1-8-7-11(16-21-8)14(19)13-10-5-3-4-6-12(10)17(9(2)18)15(13)20/h3-7,19H,1-2H3/b14-13+. The molecule has 21 heavy (non-hydrogen) atoms. The van der Waals surface area contributed by atoms with Crippen LogP contribution in [-0.2, 0) is 9.59 Å². The summed E-state index contributed by atoms with van der Waals surface area (Å²) in [6.45, 7) is 2.98. The number of aryl methyl sites for hydroxylation is 1. The lowest BCUT2D eigenvalue weighted by atomic mass is 10.0. The Hall–Kier alpha value is -2.89. The normalized spacial score (nSPS) is 16.1. The highest BCUT2D eigenvalue weighted by atomic mass is 16.5. The number of aliphatic hydroxyl groups excluding tert-OH is 1. The van der Waals surface area contributed by atoms with Gasteiger partial charge in [0.2, 0.25) is 5.91 Å². The lowest BCUT2D eigenvalue weighted by Gasteiger charge is -2.11. The Labute approximate surface area is 120 Å². The summed E-state index contributed by atoms with van der Waals surface area (Å²) in [6.07, 6.45) is 0. The second-order valence-corrected chi connectivity index (χ2v) is 4.72. The van der Waals surface area contributed by atoms with Crippen molar-refractivity contribution in [1.29, 1.82) is 0 Å². The number of carbonyl (C=O) groups is 2. The van der Waals surface area contributed by atoms with Crippen LogP contribution in [0.1, 0.15) is 23.9 Å². The molecule has 0 atom stereocenters. The molecule has 0 bridgehead atoms. The average molecular weight is 284 g/mol. The molecule has 1 aromatic carbocycles. The number of fused-ring (bicyclic) bond motifs is 1. The molecule has 2 aromatic rings. The van der Waals surface area contributed by atoms with Crippen molar-refractivity contribution < 1.29 is 19.2 Å². The van der Waals surface area contributed by atoms with Gasteiger partial charge in [-0.25, -0.2) is 4.90 Å². The minimum atomic E-state index is -0.568. The van der Waals surface area contributed by atoms with Gasteiger partial charge in [-0.2, -0.15) is 0 Å². The lowest BCUT2D eigenvalue weighted by molar-refractivity contribution is -0.122. The van der Waals surface area contributed by atoms with E-state index in [1.807, 2.05) is 0 Å². The predicted molar refractivity (Wildman–Crippen MR) is 75.3 cm³/mol. The summed E-state index contributed by atoms with van der Waals surface area (Å²) in [5.74, 6) is -0.763. The second kappa shape index (κ2) is 4.59. The maximum Gasteiger partial charge on any atom is 0.269 e. The number of carbonyl (C=O) groups excluding carboxylic acids is 2. The Morgan fingerprint density at radius 2 is 2.05 bits per heavy atom. The largest absolute Gasteiger partial charge is 0.505 e. The average Bonchev–Trinajstić information content (AvgIpc) is 2.98. The molecule has 1 N–H and O–H groups in total. The van der Waals surface area contributed by atoms with E-state index in [2.05, 4.69) is 5.16 Å². The number of hydrogen-bond acceptors (Lipinski definition) is 5. The maximum atomic E-state index is 12.5. The van der Waals surface area contributed by atoms with Crippen LogP contribution in [-0.4, -0.2) is 22.1 Å². The zero-order chi connectivity index (χ0) is 15.1. The topological polar surface area (TPSA) is 83.6 Å². The minimum absolute atomic E-state index is 0.0501. The van der Waals surface area contributed by atoms with Crippen LogP contribution in [0.15, 0.2) is 34.9 Å². The number of para-hydroxylation sites is 1. The van der Waals surface area contributed by atoms with Crippen molar-refractivity contribution in [2.75, 3.05) is 4.90 Å². The molecular weight excluding hydrogens is 272 g/mol. The van der Waals surface area contributed by atoms with Gasteiger partial charge in [-0.3, -0.25) is 9.59 Å². The third-order valence-electron chi connectivity index (χ3n) is 3.25. The fourth-order valence-electron chi connectivity index (χ4n) is 2.36. The van der Waals surface area contributed by atoms with Gasteiger partial charge in [0.15, 0.2) is 5.76 Å². The monoisotopic (exact) mass is 284 g/mol. The van der Waals surface area contributed by atoms with Crippen LogP contribution in [0.4, 0.5) is 5.69 Å². The summed E-state index contributed by atoms with van der Waals surface area (Å²) in [6, 6.07) is 8.31. The summed E-state index contributed by atoms with van der Waals surface area (Å²) in [5, 5.41) is 14.0. The fourth-order valence-corrected chi connectivity index (χ4v) is 2.36. The van der Waals surface area contributed by atoms with E-state index in [-0.39, 0.29) is 17.0 Å². The summed E-state index contributed by atoms with van der Waals surface area (Å²) in [4.78, 5) is 25.2. The van der Waals surface area contributed by atoms with Crippen LogP contribution in [0, 0.1) is 6.92 Å². The summed E-state index contributed by atoms with van der Waals surface area (Å²) in [5.41, 5.74) is 1.16. The van der Waals surface area contributed by atoms with Crippen LogP contribution >= 0.6 is 0 Å². The van der Waals surface area contributed by atoms with Gasteiger partial charge in [0.25, 0.3) is 5.91 Å². The molecule has 2 heterocycles. The summed E-state index contributed by atoms with van der Waals surface area (Å²) < 4.78 is 4.91. The zero-order valence-corrected chi connectivity index (χ0v) is 11.5. The summed E-state index contributed by atoms with van der Waals surface area (Å²) in [7, 11) is 0. The molecule has 1 aliphatic rings. The molecule has 0 fully saturated rings. The SMILES string of the molecule is CC(=O)N1C(=O)/C(=C(/O)c2cc(C)on2)c2ccccc21. The van der Waals surface area contributed by atoms with Crippen LogP contribution in [0.25, 0.3) is 11.3 Å². The first-order chi connectivity index (χ1) is 10.0. The first-order valence-corrected chi connectivity index (χ1v) is 6.32. The number of imide groups is 1. The minimum Gasteiger partial charge on any atom is -0.505 e. The smallest absolute Gasteiger partial charge is 0.269 e. The number of anilines is 1. The van der Waals surface area contributed by atoms with Crippen LogP contribution in [0.5, 0.6) is 0 Å². The van der Waals surface area contributed by atoms with E-state index in [0.717, 1.165) is 4.90 Å². The number of amides is 2. The quantitative estimate of drug-likeness (QED) is 0.641. The van der Waals surface area contributed by atoms with Gasteiger partial charge in [0.1, 0.15) is 11.5 Å². The third kappa shape index (κ3) is 1.92. The highest BCUT2D eigenvalue weighted by Crippen LogP contribution is 2.39. The molecule has 0 aliphatic carbocycles. The van der Waals surface area contributed by atoms with Gasteiger partial charge in [-0.05, 0) is 13.0 Å². The van der Waals surface area contributed by atoms with Gasteiger partial charge < -0.3 is 9.63 Å². The molecule has 106 valence electrons. The van der Waals surface area contributed by atoms with E-state index in [9.17, 15) is 14.7 Å². The fraction of sp³-hybridized carbons (Fsp3) is 0.133. The molecule has 0 saturated carbocycles. The number of aliphatic hydroxyl groups is 1. The molecule has 1 aromatic heterocycles. The molecule has 0 saturated heterocycles. The number of nitrogens with zero attached hydrogens (tertiary/aromatic N) is 2. The molecule has 0 radical (unpaired) electrons. The van der Waals surface area contributed by atoms with Gasteiger partial charge >= 0.3 is 0 Å². The van der Waals surface area contributed by atoms with Crippen LogP contribution < -0.4 is 4.90 Å². The zero-order valence-electron chi connectivity index (χ0n) is 11.5. The Morgan fingerprint density at radius 1 is 1.33 bits per heavy atom. The molecular formula is C15H12N2O4. The van der Waals surface area contributed by atoms with Crippen molar-refractivity contribution in [3.05, 3.63) is 47.3 Å². The highest BCUT2D eigenvalue weighted by Gasteiger charge is 2.37. The van der Waals surface area contributed by atoms with E-state index < -0.39 is 11.8 Å². The van der Waals surface area contributed by atoms with Crippen molar-refractivity contribution in [3.8, 4) is 0 Å². The highest BCUT2D eigenvalue weighted by molar-refractivity contribution is 6.42. The van der Waals surface area contributed by atoms with Crippen molar-refractivity contribution in [1.82, 2.24) is 5.16 Å². The molecule has 0 spiro atoms. The van der Waals surface area contributed by atoms with Crippen LogP contribution in [0.2, 0.25) is 0 Å². The van der Waals surface area contributed by atoms with E-state index in [0.29, 0.717) is 17.0 Å². The number of hydrogen-bond donors (Lipinski definition) is 1. The Balaban J connectivity index is 2.24. The first-order valence-electron chi connectivity index (χ1n) is 6.32. The van der Waals surface area contributed by atoms with E-state index >= 15 is 0 Å². The molecule has 6 nitrogen and oxygen atoms in total. The van der Waals surface area contributed by atoms with Crippen molar-refractivity contribution in [3.63, 3.8) is 0 Å². The maximum absolute atomic E-state index is 12.5. The summed E-state index contributed by atoms with van der Waals surface area (Å²) >= 11 is 0. The molecule has 2 amide bonds. The molecule has 3 rings (SSSR count). The van der Waals surface area contributed by atoms with Crippen molar-refractivity contribution in [2.45, 2.75) is 13.8 Å². The molecule has 1 aliphatic heterocycles. The van der Waals surface area contributed by atoms with E-state index in [1.165, 1.54) is 13.0 Å². The Kier molecular flexibility index (Phi) is 2.86. The second-order valence-electron chi connectivity index (χ2n) is 4.72. The van der Waals surface area contributed by atoms with Gasteiger partial charge in [0.05, 0.1) is 11.3 Å². The lowest BCUT2D eigenvalue weighted by Crippen LogP contribution is -2.31. The van der Waals surface area contributed by atoms with Crippen molar-refractivity contribution in [2.24, 2.45) is 0 Å². The van der Waals surface area contributed by atoms with Gasteiger partial charge in [-0.15, -0.1) is 0 Å². The number of rotatable bonds is 1. The predicted octanol–water partition coefficient (Wildman–Crippen LogP) is 2.30. The van der Waals surface area contributed by atoms with Crippen LogP contribution in [0.3, 0.4) is 0 Å². The first kappa shape index (κ1) is 13.1.